The van der Waals surface area contributed by atoms with Crippen LogP contribution in [0.5, 0.6) is 0 Å². The third kappa shape index (κ3) is 5.37. The van der Waals surface area contributed by atoms with Gasteiger partial charge in [0.2, 0.25) is 5.95 Å². The van der Waals surface area contributed by atoms with Gasteiger partial charge in [-0.1, -0.05) is 17.7 Å². The molecule has 3 N–H and O–H groups in total. The van der Waals surface area contributed by atoms with Crippen molar-refractivity contribution in [3.05, 3.63) is 35.1 Å². The normalized spacial score (nSPS) is 19.5. The molecular weight excluding hydrogens is 466 g/mol. The third-order valence-corrected chi connectivity index (χ3v) is 7.89. The van der Waals surface area contributed by atoms with Crippen LogP contribution < -0.4 is 10.6 Å². The molecule has 0 bridgehead atoms. The fourth-order valence-corrected chi connectivity index (χ4v) is 5.60. The molecule has 0 radical (unpaired) electrons. The predicted molar refractivity (Wildman–Crippen MR) is 128 cm³/mol. The van der Waals surface area contributed by atoms with Crippen molar-refractivity contribution in [2.75, 3.05) is 48.4 Å². The van der Waals surface area contributed by atoms with Crippen molar-refractivity contribution in [1.29, 1.82) is 0 Å². The molecule has 0 saturated carbocycles. The maximum atomic E-state index is 11.6. The summed E-state index contributed by atoms with van der Waals surface area (Å²) in [6.45, 7) is 3.20. The molecule has 4 heterocycles. The smallest absolute Gasteiger partial charge is 0.231 e. The second kappa shape index (κ2) is 9.41. The molecule has 1 aromatic carbocycles. The summed E-state index contributed by atoms with van der Waals surface area (Å²) in [4.78, 5) is 18.7. The average molecular weight is 492 g/mol. The van der Waals surface area contributed by atoms with Crippen LogP contribution in [0.15, 0.2) is 24.5 Å². The number of H-pyrrole nitrogens is 1. The van der Waals surface area contributed by atoms with Gasteiger partial charge in [-0.15, -0.1) is 0 Å². The molecule has 0 unspecified atom stereocenters. The Balaban J connectivity index is 1.31. The van der Waals surface area contributed by atoms with Gasteiger partial charge < -0.3 is 20.4 Å². The van der Waals surface area contributed by atoms with E-state index < -0.39 is 9.84 Å². The number of imidazole rings is 1. The van der Waals surface area contributed by atoms with Gasteiger partial charge in [-0.2, -0.15) is 9.97 Å². The highest BCUT2D eigenvalue weighted by atomic mass is 35.5. The summed E-state index contributed by atoms with van der Waals surface area (Å²) in [5.74, 6) is 1.51. The zero-order valence-corrected chi connectivity index (χ0v) is 19.6. The van der Waals surface area contributed by atoms with Crippen LogP contribution in [0, 0.1) is 0 Å². The van der Waals surface area contributed by atoms with E-state index in [2.05, 4.69) is 35.5 Å². The molecule has 0 spiro atoms. The van der Waals surface area contributed by atoms with Crippen LogP contribution in [-0.4, -0.2) is 77.1 Å². The molecule has 176 valence electrons. The van der Waals surface area contributed by atoms with E-state index in [-0.39, 0.29) is 17.5 Å². The molecule has 2 aliphatic heterocycles. The minimum Gasteiger partial charge on any atom is -0.381 e. The number of hydrogen-bond donors (Lipinski definition) is 3. The lowest BCUT2D eigenvalue weighted by atomic mass is 10.1. The van der Waals surface area contributed by atoms with Gasteiger partial charge in [-0.25, -0.2) is 13.4 Å². The van der Waals surface area contributed by atoms with Crippen LogP contribution in [0.4, 0.5) is 17.5 Å². The molecule has 5 rings (SSSR count). The number of nitrogens with zero attached hydrogens (tertiary/aromatic N) is 4. The van der Waals surface area contributed by atoms with Crippen molar-refractivity contribution in [2.24, 2.45) is 0 Å². The van der Waals surface area contributed by atoms with Crippen molar-refractivity contribution in [1.82, 2.24) is 24.8 Å². The van der Waals surface area contributed by atoms with E-state index in [0.717, 1.165) is 37.1 Å². The Morgan fingerprint density at radius 3 is 2.73 bits per heavy atom. The number of anilines is 3. The summed E-state index contributed by atoms with van der Waals surface area (Å²) in [5.41, 5.74) is 3.04. The van der Waals surface area contributed by atoms with Gasteiger partial charge in [0.15, 0.2) is 21.3 Å². The fraction of sp³-hybridized carbons (Fsp3) is 0.476. The van der Waals surface area contributed by atoms with E-state index >= 15 is 0 Å². The molecule has 33 heavy (non-hydrogen) atoms. The second-order valence-corrected chi connectivity index (χ2v) is 11.1. The number of fused-ring (bicyclic) bond motifs is 1. The molecule has 12 heteroatoms. The third-order valence-electron chi connectivity index (χ3n) is 5.97. The first-order chi connectivity index (χ1) is 15.9. The highest BCUT2D eigenvalue weighted by molar-refractivity contribution is 7.91. The summed E-state index contributed by atoms with van der Waals surface area (Å²) >= 11 is 6.55. The molecule has 2 saturated heterocycles. The Labute approximate surface area is 197 Å². The molecule has 0 aliphatic carbocycles. The number of sulfone groups is 1. The van der Waals surface area contributed by atoms with Crippen molar-refractivity contribution >= 4 is 50.1 Å². The van der Waals surface area contributed by atoms with Gasteiger partial charge in [-0.3, -0.25) is 4.90 Å². The lowest BCUT2D eigenvalue weighted by molar-refractivity contribution is 0.0904. The van der Waals surface area contributed by atoms with E-state index in [4.69, 9.17) is 16.3 Å². The van der Waals surface area contributed by atoms with Crippen molar-refractivity contribution in [3.63, 3.8) is 0 Å². The standard InChI is InChI=1S/C21H26ClN7O3S/c22-16-11-14(12-29-5-9-33(30,31)10-6-29)1-2-17(16)26-21-27-19-18(23-13-24-19)20(28-21)25-15-3-7-32-8-4-15/h1-2,11,13,15H,3-10,12H2,(H3,23,24,25,26,27,28). The van der Waals surface area contributed by atoms with E-state index in [1.807, 2.05) is 18.2 Å². The molecule has 2 fully saturated rings. The molecular formula is C21H26ClN7O3S. The first-order valence-electron chi connectivity index (χ1n) is 11.0. The number of ether oxygens (including phenoxy) is 1. The van der Waals surface area contributed by atoms with Crippen molar-refractivity contribution < 1.29 is 13.2 Å². The summed E-state index contributed by atoms with van der Waals surface area (Å²) in [6, 6.07) is 6.04. The van der Waals surface area contributed by atoms with Crippen LogP contribution in [0.1, 0.15) is 18.4 Å². The number of nitrogens with one attached hydrogen (secondary N) is 3. The van der Waals surface area contributed by atoms with E-state index in [0.29, 0.717) is 47.8 Å². The summed E-state index contributed by atoms with van der Waals surface area (Å²) in [7, 11) is -2.89. The van der Waals surface area contributed by atoms with Gasteiger partial charge in [0, 0.05) is 38.9 Å². The fourth-order valence-electron chi connectivity index (χ4n) is 4.07. The first kappa shape index (κ1) is 22.3. The zero-order chi connectivity index (χ0) is 22.8. The van der Waals surface area contributed by atoms with Crippen LogP contribution in [0.3, 0.4) is 0 Å². The Hall–Kier alpha value is -2.47. The molecule has 2 aliphatic rings. The Morgan fingerprint density at radius 2 is 1.97 bits per heavy atom. The molecule has 2 aromatic heterocycles. The predicted octanol–water partition coefficient (Wildman–Crippen LogP) is 2.57. The average Bonchev–Trinajstić information content (AvgIpc) is 3.27. The van der Waals surface area contributed by atoms with Gasteiger partial charge in [0.25, 0.3) is 0 Å². The van der Waals surface area contributed by atoms with Gasteiger partial charge in [0.05, 0.1) is 28.5 Å². The van der Waals surface area contributed by atoms with E-state index in [1.165, 1.54) is 0 Å². The second-order valence-electron chi connectivity index (χ2n) is 8.40. The topological polar surface area (TPSA) is 125 Å². The quantitative estimate of drug-likeness (QED) is 0.477. The Bertz CT molecular complexity index is 1230. The SMILES string of the molecule is O=S1(=O)CCN(Cc2ccc(Nc3nc(NC4CCOCC4)c4[nH]cnc4n3)c(Cl)c2)CC1. The summed E-state index contributed by atoms with van der Waals surface area (Å²) < 4.78 is 28.7. The molecule has 0 amide bonds. The number of benzene rings is 1. The van der Waals surface area contributed by atoms with Crippen LogP contribution in [0.25, 0.3) is 11.2 Å². The highest BCUT2D eigenvalue weighted by Gasteiger charge is 2.22. The van der Waals surface area contributed by atoms with E-state index in [1.54, 1.807) is 6.33 Å². The number of rotatable bonds is 6. The minimum absolute atomic E-state index is 0.206. The van der Waals surface area contributed by atoms with Crippen LogP contribution in [-0.2, 0) is 21.1 Å². The number of aromatic amines is 1. The van der Waals surface area contributed by atoms with Gasteiger partial charge in [-0.05, 0) is 30.5 Å². The summed E-state index contributed by atoms with van der Waals surface area (Å²) in [5, 5.41) is 7.24. The van der Waals surface area contributed by atoms with Gasteiger partial charge in [0.1, 0.15) is 5.52 Å². The summed E-state index contributed by atoms with van der Waals surface area (Å²) in [6.07, 6.45) is 3.43. The Morgan fingerprint density at radius 1 is 1.18 bits per heavy atom. The van der Waals surface area contributed by atoms with Crippen molar-refractivity contribution in [3.8, 4) is 0 Å². The number of halogens is 1. The first-order valence-corrected chi connectivity index (χ1v) is 13.2. The van der Waals surface area contributed by atoms with Crippen LogP contribution >= 0.6 is 11.6 Å². The maximum absolute atomic E-state index is 11.6. The highest BCUT2D eigenvalue weighted by Crippen LogP contribution is 2.28. The largest absolute Gasteiger partial charge is 0.381 e. The zero-order valence-electron chi connectivity index (χ0n) is 18.1. The van der Waals surface area contributed by atoms with Gasteiger partial charge >= 0.3 is 0 Å². The minimum atomic E-state index is -2.89. The lowest BCUT2D eigenvalue weighted by Crippen LogP contribution is -2.39. The number of aromatic nitrogens is 4. The lowest BCUT2D eigenvalue weighted by Gasteiger charge is -2.26. The maximum Gasteiger partial charge on any atom is 0.231 e. The molecule has 10 nitrogen and oxygen atoms in total. The monoisotopic (exact) mass is 491 g/mol. The molecule has 3 aromatic rings. The van der Waals surface area contributed by atoms with E-state index in [9.17, 15) is 8.42 Å². The van der Waals surface area contributed by atoms with Crippen LogP contribution in [0.2, 0.25) is 5.02 Å². The number of hydrogen-bond acceptors (Lipinski definition) is 9. The Kier molecular flexibility index (Phi) is 6.37. The van der Waals surface area contributed by atoms with Crippen molar-refractivity contribution in [2.45, 2.75) is 25.4 Å². The molecule has 0 atom stereocenters.